The third-order valence-electron chi connectivity index (χ3n) is 2.45. The highest BCUT2D eigenvalue weighted by molar-refractivity contribution is 14.1. The standard InChI is InChI=1S/C9H14IN3/c1-8-2-3-12(5-8)7-13-6-9(10)4-11-13/h4,6,8H,2-3,5,7H2,1H3. The van der Waals surface area contributed by atoms with Crippen molar-refractivity contribution in [3.63, 3.8) is 0 Å². The summed E-state index contributed by atoms with van der Waals surface area (Å²) in [5, 5.41) is 4.27. The Morgan fingerprint density at radius 1 is 1.69 bits per heavy atom. The van der Waals surface area contributed by atoms with Crippen LogP contribution < -0.4 is 0 Å². The van der Waals surface area contributed by atoms with Crippen molar-refractivity contribution in [2.24, 2.45) is 5.92 Å². The van der Waals surface area contributed by atoms with Crippen LogP contribution in [0.5, 0.6) is 0 Å². The number of likely N-dealkylation sites (tertiary alicyclic amines) is 1. The molecule has 0 radical (unpaired) electrons. The van der Waals surface area contributed by atoms with Gasteiger partial charge in [0.05, 0.1) is 16.4 Å². The van der Waals surface area contributed by atoms with Crippen molar-refractivity contribution in [2.75, 3.05) is 13.1 Å². The largest absolute Gasteiger partial charge is 0.284 e. The average Bonchev–Trinajstić information content (AvgIpc) is 2.62. The summed E-state index contributed by atoms with van der Waals surface area (Å²) in [6, 6.07) is 0. The molecule has 0 amide bonds. The Bertz CT molecular complexity index is 284. The molecule has 2 rings (SSSR count). The molecule has 1 saturated heterocycles. The first kappa shape index (κ1) is 9.45. The van der Waals surface area contributed by atoms with Crippen molar-refractivity contribution in [1.82, 2.24) is 14.7 Å². The van der Waals surface area contributed by atoms with Crippen LogP contribution in [0.4, 0.5) is 0 Å². The zero-order valence-corrected chi connectivity index (χ0v) is 9.94. The van der Waals surface area contributed by atoms with Crippen LogP contribution >= 0.6 is 22.6 Å². The lowest BCUT2D eigenvalue weighted by atomic mass is 10.2. The molecule has 2 heterocycles. The van der Waals surface area contributed by atoms with Crippen molar-refractivity contribution in [1.29, 1.82) is 0 Å². The SMILES string of the molecule is CC1CCN(Cn2cc(I)cn2)C1. The molecule has 3 nitrogen and oxygen atoms in total. The Kier molecular flexibility index (Phi) is 2.88. The van der Waals surface area contributed by atoms with E-state index in [1.807, 2.05) is 10.9 Å². The van der Waals surface area contributed by atoms with E-state index in [9.17, 15) is 0 Å². The van der Waals surface area contributed by atoms with Crippen molar-refractivity contribution in [3.05, 3.63) is 16.0 Å². The maximum atomic E-state index is 4.27. The first-order chi connectivity index (χ1) is 6.24. The highest BCUT2D eigenvalue weighted by atomic mass is 127. The summed E-state index contributed by atoms with van der Waals surface area (Å²) < 4.78 is 3.23. The fraction of sp³-hybridized carbons (Fsp3) is 0.667. The van der Waals surface area contributed by atoms with Gasteiger partial charge in [0.15, 0.2) is 0 Å². The molecule has 1 aliphatic rings. The highest BCUT2D eigenvalue weighted by Gasteiger charge is 2.18. The topological polar surface area (TPSA) is 21.1 Å². The predicted octanol–water partition coefficient (Wildman–Crippen LogP) is 1.79. The zero-order valence-electron chi connectivity index (χ0n) is 7.78. The molecule has 4 heteroatoms. The van der Waals surface area contributed by atoms with E-state index in [-0.39, 0.29) is 0 Å². The van der Waals surface area contributed by atoms with Crippen LogP contribution in [0, 0.1) is 9.49 Å². The number of rotatable bonds is 2. The monoisotopic (exact) mass is 291 g/mol. The number of nitrogens with zero attached hydrogens (tertiary/aromatic N) is 3. The van der Waals surface area contributed by atoms with Gasteiger partial charge in [0, 0.05) is 19.3 Å². The van der Waals surface area contributed by atoms with Gasteiger partial charge in [-0.05, 0) is 34.9 Å². The fourth-order valence-electron chi connectivity index (χ4n) is 1.78. The van der Waals surface area contributed by atoms with Gasteiger partial charge in [0.1, 0.15) is 0 Å². The Morgan fingerprint density at radius 2 is 2.54 bits per heavy atom. The van der Waals surface area contributed by atoms with E-state index < -0.39 is 0 Å². The van der Waals surface area contributed by atoms with Crippen LogP contribution in [0.1, 0.15) is 13.3 Å². The van der Waals surface area contributed by atoms with Crippen molar-refractivity contribution < 1.29 is 0 Å². The predicted molar refractivity (Wildman–Crippen MR) is 60.3 cm³/mol. The Morgan fingerprint density at radius 3 is 3.08 bits per heavy atom. The summed E-state index contributed by atoms with van der Waals surface area (Å²) in [5.74, 6) is 0.856. The molecule has 1 atom stereocenters. The van der Waals surface area contributed by atoms with Crippen LogP contribution in [0.3, 0.4) is 0 Å². The van der Waals surface area contributed by atoms with Gasteiger partial charge in [-0.25, -0.2) is 0 Å². The lowest BCUT2D eigenvalue weighted by Gasteiger charge is -2.14. The molecule has 0 bridgehead atoms. The van der Waals surface area contributed by atoms with Crippen LogP contribution in [-0.4, -0.2) is 27.8 Å². The average molecular weight is 291 g/mol. The molecule has 1 aromatic rings. The minimum absolute atomic E-state index is 0.856. The van der Waals surface area contributed by atoms with Gasteiger partial charge in [-0.3, -0.25) is 9.58 Å². The molecule has 72 valence electrons. The second-order valence-electron chi connectivity index (χ2n) is 3.81. The maximum Gasteiger partial charge on any atom is 0.0929 e. The van der Waals surface area contributed by atoms with Gasteiger partial charge in [0.2, 0.25) is 0 Å². The molecule has 0 aliphatic carbocycles. The molecular weight excluding hydrogens is 277 g/mol. The van der Waals surface area contributed by atoms with E-state index in [2.05, 4.69) is 45.7 Å². The lowest BCUT2D eigenvalue weighted by Crippen LogP contribution is -2.23. The summed E-state index contributed by atoms with van der Waals surface area (Å²) >= 11 is 2.29. The van der Waals surface area contributed by atoms with Gasteiger partial charge in [-0.1, -0.05) is 6.92 Å². The quantitative estimate of drug-likeness (QED) is 0.775. The molecular formula is C9H14IN3. The van der Waals surface area contributed by atoms with Gasteiger partial charge in [-0.15, -0.1) is 0 Å². The second kappa shape index (κ2) is 3.96. The van der Waals surface area contributed by atoms with E-state index in [0.717, 1.165) is 12.6 Å². The fourth-order valence-corrected chi connectivity index (χ4v) is 2.22. The van der Waals surface area contributed by atoms with E-state index in [0.29, 0.717) is 0 Å². The number of halogens is 1. The molecule has 1 unspecified atom stereocenters. The highest BCUT2D eigenvalue weighted by Crippen LogP contribution is 2.15. The molecule has 1 aromatic heterocycles. The van der Waals surface area contributed by atoms with Gasteiger partial charge >= 0.3 is 0 Å². The molecule has 0 saturated carbocycles. The van der Waals surface area contributed by atoms with Crippen molar-refractivity contribution in [2.45, 2.75) is 20.0 Å². The smallest absolute Gasteiger partial charge is 0.0929 e. The summed E-state index contributed by atoms with van der Waals surface area (Å²) in [6.07, 6.45) is 5.32. The summed E-state index contributed by atoms with van der Waals surface area (Å²) in [5.41, 5.74) is 0. The Labute approximate surface area is 92.2 Å². The normalized spacial score (nSPS) is 24.0. The summed E-state index contributed by atoms with van der Waals surface area (Å²) in [6.45, 7) is 5.70. The maximum absolute atomic E-state index is 4.27. The van der Waals surface area contributed by atoms with Crippen molar-refractivity contribution in [3.8, 4) is 0 Å². The van der Waals surface area contributed by atoms with Crippen molar-refractivity contribution >= 4 is 22.6 Å². The first-order valence-corrected chi connectivity index (χ1v) is 5.72. The number of hydrogen-bond acceptors (Lipinski definition) is 2. The number of hydrogen-bond donors (Lipinski definition) is 0. The Hall–Kier alpha value is -0.100. The second-order valence-corrected chi connectivity index (χ2v) is 5.06. The molecule has 0 spiro atoms. The molecule has 0 N–H and O–H groups in total. The number of aromatic nitrogens is 2. The van der Waals surface area contributed by atoms with Crippen LogP contribution in [0.2, 0.25) is 0 Å². The van der Waals surface area contributed by atoms with Gasteiger partial charge < -0.3 is 0 Å². The molecule has 1 aliphatic heterocycles. The Balaban J connectivity index is 1.91. The van der Waals surface area contributed by atoms with Gasteiger partial charge in [0.25, 0.3) is 0 Å². The minimum atomic E-state index is 0.856. The summed E-state index contributed by atoms with van der Waals surface area (Å²) in [7, 11) is 0. The van der Waals surface area contributed by atoms with Crippen LogP contribution in [0.25, 0.3) is 0 Å². The minimum Gasteiger partial charge on any atom is -0.284 e. The van der Waals surface area contributed by atoms with Crippen LogP contribution in [-0.2, 0) is 6.67 Å². The van der Waals surface area contributed by atoms with E-state index in [4.69, 9.17) is 0 Å². The first-order valence-electron chi connectivity index (χ1n) is 4.64. The molecule has 1 fully saturated rings. The summed E-state index contributed by atoms with van der Waals surface area (Å²) in [4.78, 5) is 2.45. The molecule has 13 heavy (non-hydrogen) atoms. The van der Waals surface area contributed by atoms with Gasteiger partial charge in [-0.2, -0.15) is 5.10 Å². The van der Waals surface area contributed by atoms with Crippen LogP contribution in [0.15, 0.2) is 12.4 Å². The molecule has 0 aromatic carbocycles. The third-order valence-corrected chi connectivity index (χ3v) is 3.01. The zero-order chi connectivity index (χ0) is 9.26. The third kappa shape index (κ3) is 2.43. The van der Waals surface area contributed by atoms with E-state index in [1.54, 1.807) is 0 Å². The van der Waals surface area contributed by atoms with E-state index >= 15 is 0 Å². The lowest BCUT2D eigenvalue weighted by molar-refractivity contribution is 0.248. The van der Waals surface area contributed by atoms with E-state index in [1.165, 1.54) is 23.1 Å².